The fraction of sp³-hybridized carbons (Fsp3) is 0.182. The highest BCUT2D eigenvalue weighted by Gasteiger charge is 2.14. The first-order chi connectivity index (χ1) is 15.0. The second-order valence-electron chi connectivity index (χ2n) is 6.75. The molecule has 0 saturated carbocycles. The summed E-state index contributed by atoms with van der Waals surface area (Å²) in [6, 6.07) is 12.7. The van der Waals surface area contributed by atoms with E-state index in [2.05, 4.69) is 20.4 Å². The molecule has 0 aliphatic rings. The van der Waals surface area contributed by atoms with Gasteiger partial charge in [0, 0.05) is 27.4 Å². The zero-order valence-electron chi connectivity index (χ0n) is 17.5. The lowest BCUT2D eigenvalue weighted by Gasteiger charge is -2.11. The van der Waals surface area contributed by atoms with Crippen molar-refractivity contribution in [2.45, 2.75) is 23.8 Å². The molecular weight excluding hydrogens is 414 g/mol. The number of nitrogens with zero attached hydrogens (tertiary/aromatic N) is 4. The number of carbonyl (C=O) groups excluding carboxylic acids is 1. The Bertz CT molecular complexity index is 1250. The van der Waals surface area contributed by atoms with Gasteiger partial charge in [0.05, 0.1) is 14.2 Å². The Hall–Kier alpha value is -3.59. The van der Waals surface area contributed by atoms with Crippen molar-refractivity contribution in [3.05, 3.63) is 65.6 Å². The quantitative estimate of drug-likeness (QED) is 0.455. The van der Waals surface area contributed by atoms with Gasteiger partial charge in [-0.1, -0.05) is 11.8 Å². The maximum absolute atomic E-state index is 12.6. The molecule has 2 aromatic carbocycles. The predicted octanol–water partition coefficient (Wildman–Crippen LogP) is 4.16. The molecule has 1 N–H and O–H groups in total. The number of benzene rings is 2. The Labute approximate surface area is 183 Å². The van der Waals surface area contributed by atoms with Crippen molar-refractivity contribution >= 4 is 29.1 Å². The van der Waals surface area contributed by atoms with Gasteiger partial charge in [0.15, 0.2) is 11.5 Å². The minimum absolute atomic E-state index is 0.230. The van der Waals surface area contributed by atoms with Crippen molar-refractivity contribution in [2.24, 2.45) is 0 Å². The number of hydrogen-bond donors (Lipinski definition) is 1. The standard InChI is InChI=1S/C22H21N5O3S/c1-13-14(2)25-22-23-12-24-27(22)21(13)31-17-8-6-16(7-9-17)26-20(28)15-5-10-18(29-3)19(11-15)30-4/h5-12H,1-4H3,(H,26,28). The SMILES string of the molecule is COc1ccc(C(=O)Nc2ccc(Sc3c(C)c(C)nc4ncnn34)cc2)cc1OC. The average Bonchev–Trinajstić information content (AvgIpc) is 3.25. The molecule has 4 rings (SSSR count). The van der Waals surface area contributed by atoms with Crippen LogP contribution >= 0.6 is 11.8 Å². The van der Waals surface area contributed by atoms with Crippen LogP contribution in [-0.4, -0.2) is 39.7 Å². The molecule has 0 unspecified atom stereocenters. The van der Waals surface area contributed by atoms with E-state index in [0.29, 0.717) is 28.5 Å². The molecule has 0 aliphatic carbocycles. The Morgan fingerprint density at radius 3 is 2.48 bits per heavy atom. The van der Waals surface area contributed by atoms with Gasteiger partial charge in [0.25, 0.3) is 11.7 Å². The summed E-state index contributed by atoms with van der Waals surface area (Å²) in [7, 11) is 3.09. The summed E-state index contributed by atoms with van der Waals surface area (Å²) in [6.45, 7) is 3.98. The summed E-state index contributed by atoms with van der Waals surface area (Å²) in [5.41, 5.74) is 3.14. The molecule has 0 fully saturated rings. The minimum atomic E-state index is -0.230. The van der Waals surface area contributed by atoms with Crippen molar-refractivity contribution in [2.75, 3.05) is 19.5 Å². The summed E-state index contributed by atoms with van der Waals surface area (Å²) in [5, 5.41) is 8.14. The van der Waals surface area contributed by atoms with Crippen LogP contribution in [0.25, 0.3) is 5.78 Å². The van der Waals surface area contributed by atoms with Crippen LogP contribution in [0.15, 0.2) is 58.7 Å². The van der Waals surface area contributed by atoms with Gasteiger partial charge >= 0.3 is 0 Å². The lowest BCUT2D eigenvalue weighted by molar-refractivity contribution is 0.102. The summed E-state index contributed by atoms with van der Waals surface area (Å²) >= 11 is 1.57. The zero-order chi connectivity index (χ0) is 22.0. The number of fused-ring (bicyclic) bond motifs is 1. The van der Waals surface area contributed by atoms with E-state index in [9.17, 15) is 4.79 Å². The normalized spacial score (nSPS) is 10.8. The van der Waals surface area contributed by atoms with Crippen LogP contribution in [-0.2, 0) is 0 Å². The van der Waals surface area contributed by atoms with Gasteiger partial charge in [0.2, 0.25) is 0 Å². The Kier molecular flexibility index (Phi) is 5.77. The fourth-order valence-electron chi connectivity index (χ4n) is 3.02. The van der Waals surface area contributed by atoms with Crippen molar-refractivity contribution in [1.29, 1.82) is 0 Å². The summed E-state index contributed by atoms with van der Waals surface area (Å²) < 4.78 is 12.2. The molecule has 1 amide bonds. The number of hydrogen-bond acceptors (Lipinski definition) is 7. The van der Waals surface area contributed by atoms with Crippen LogP contribution in [0.4, 0.5) is 5.69 Å². The van der Waals surface area contributed by atoms with Crippen LogP contribution in [0, 0.1) is 13.8 Å². The van der Waals surface area contributed by atoms with Gasteiger partial charge in [0.1, 0.15) is 11.4 Å². The smallest absolute Gasteiger partial charge is 0.255 e. The third-order valence-corrected chi connectivity index (χ3v) is 6.01. The topological polar surface area (TPSA) is 90.6 Å². The molecule has 9 heteroatoms. The molecule has 2 aromatic heterocycles. The van der Waals surface area contributed by atoms with E-state index in [1.165, 1.54) is 13.4 Å². The monoisotopic (exact) mass is 435 g/mol. The summed E-state index contributed by atoms with van der Waals surface area (Å²) in [6.07, 6.45) is 1.50. The predicted molar refractivity (Wildman–Crippen MR) is 118 cm³/mol. The molecule has 0 saturated heterocycles. The van der Waals surface area contributed by atoms with E-state index in [-0.39, 0.29) is 5.91 Å². The van der Waals surface area contributed by atoms with Crippen molar-refractivity contribution in [1.82, 2.24) is 19.6 Å². The third-order valence-electron chi connectivity index (χ3n) is 4.83. The van der Waals surface area contributed by atoms with Crippen molar-refractivity contribution in [3.63, 3.8) is 0 Å². The van der Waals surface area contributed by atoms with Gasteiger partial charge in [-0.15, -0.1) is 0 Å². The number of amides is 1. The largest absolute Gasteiger partial charge is 0.493 e. The molecule has 8 nitrogen and oxygen atoms in total. The number of aromatic nitrogens is 4. The van der Waals surface area contributed by atoms with Crippen molar-refractivity contribution in [3.8, 4) is 11.5 Å². The maximum atomic E-state index is 12.6. The molecule has 0 aliphatic heterocycles. The van der Waals surface area contributed by atoms with Gasteiger partial charge < -0.3 is 14.8 Å². The molecular formula is C22H21N5O3S. The molecule has 4 aromatic rings. The lowest BCUT2D eigenvalue weighted by Crippen LogP contribution is -2.12. The first-order valence-corrected chi connectivity index (χ1v) is 10.3. The second-order valence-corrected chi connectivity index (χ2v) is 7.81. The third kappa shape index (κ3) is 4.17. The summed E-state index contributed by atoms with van der Waals surface area (Å²) in [5.74, 6) is 1.42. The van der Waals surface area contributed by atoms with E-state index in [4.69, 9.17) is 9.47 Å². The van der Waals surface area contributed by atoms with Crippen LogP contribution in [0.2, 0.25) is 0 Å². The second kappa shape index (κ2) is 8.65. The highest BCUT2D eigenvalue weighted by atomic mass is 32.2. The van der Waals surface area contributed by atoms with Crippen LogP contribution in [0.1, 0.15) is 21.6 Å². The Morgan fingerprint density at radius 1 is 1.03 bits per heavy atom. The number of ether oxygens (including phenoxy) is 2. The molecule has 0 atom stereocenters. The zero-order valence-corrected chi connectivity index (χ0v) is 18.4. The molecule has 31 heavy (non-hydrogen) atoms. The fourth-order valence-corrected chi connectivity index (χ4v) is 4.03. The van der Waals surface area contributed by atoms with Crippen LogP contribution < -0.4 is 14.8 Å². The van der Waals surface area contributed by atoms with E-state index in [0.717, 1.165) is 21.2 Å². The average molecular weight is 436 g/mol. The highest BCUT2D eigenvalue weighted by Crippen LogP contribution is 2.32. The number of aryl methyl sites for hydroxylation is 1. The number of carbonyl (C=O) groups is 1. The van der Waals surface area contributed by atoms with Crippen molar-refractivity contribution < 1.29 is 14.3 Å². The molecule has 0 spiro atoms. The number of methoxy groups -OCH3 is 2. The van der Waals surface area contributed by atoms with E-state index in [1.54, 1.807) is 41.6 Å². The van der Waals surface area contributed by atoms with Crippen LogP contribution in [0.5, 0.6) is 11.5 Å². The lowest BCUT2D eigenvalue weighted by atomic mass is 10.2. The first-order valence-electron chi connectivity index (χ1n) is 9.48. The minimum Gasteiger partial charge on any atom is -0.493 e. The molecule has 0 radical (unpaired) electrons. The number of rotatable bonds is 6. The number of anilines is 1. The Balaban J connectivity index is 1.51. The van der Waals surface area contributed by atoms with E-state index < -0.39 is 0 Å². The summed E-state index contributed by atoms with van der Waals surface area (Å²) in [4.78, 5) is 22.3. The van der Waals surface area contributed by atoms with Gasteiger partial charge in [-0.25, -0.2) is 4.98 Å². The Morgan fingerprint density at radius 2 is 1.77 bits per heavy atom. The van der Waals surface area contributed by atoms with Gasteiger partial charge in [-0.2, -0.15) is 14.6 Å². The van der Waals surface area contributed by atoms with Gasteiger partial charge in [-0.3, -0.25) is 4.79 Å². The van der Waals surface area contributed by atoms with E-state index >= 15 is 0 Å². The first kappa shape index (κ1) is 20.7. The maximum Gasteiger partial charge on any atom is 0.255 e. The van der Waals surface area contributed by atoms with E-state index in [1.807, 2.05) is 38.1 Å². The highest BCUT2D eigenvalue weighted by molar-refractivity contribution is 7.99. The number of nitrogens with one attached hydrogen (secondary N) is 1. The molecule has 2 heterocycles. The van der Waals surface area contributed by atoms with Crippen LogP contribution in [0.3, 0.4) is 0 Å². The molecule has 0 bridgehead atoms. The van der Waals surface area contributed by atoms with Gasteiger partial charge in [-0.05, 0) is 56.3 Å². The molecule has 158 valence electrons.